The first kappa shape index (κ1) is 23.4. The normalized spacial score (nSPS) is 19.0. The smallest absolute Gasteiger partial charge is 0.225 e. The van der Waals surface area contributed by atoms with E-state index in [1.54, 1.807) is 17.3 Å². The molecule has 0 aliphatic carbocycles. The van der Waals surface area contributed by atoms with E-state index >= 15 is 0 Å². The van der Waals surface area contributed by atoms with Gasteiger partial charge in [-0.15, -0.1) is 0 Å². The molecule has 1 amide bonds. The number of anilines is 2. The number of piperidine rings is 1. The Bertz CT molecular complexity index is 1150. The summed E-state index contributed by atoms with van der Waals surface area (Å²) >= 11 is 0. The Balaban J connectivity index is 1.31. The monoisotopic (exact) mass is 475 g/mol. The van der Waals surface area contributed by atoms with Gasteiger partial charge in [-0.2, -0.15) is 0 Å². The predicted molar refractivity (Wildman–Crippen MR) is 137 cm³/mol. The van der Waals surface area contributed by atoms with E-state index < -0.39 is 0 Å². The third-order valence-corrected chi connectivity index (χ3v) is 6.77. The molecular weight excluding hydrogens is 442 g/mol. The zero-order valence-electron chi connectivity index (χ0n) is 20.4. The molecular formula is C26H33N7O2. The zero-order chi connectivity index (χ0) is 24.2. The highest BCUT2D eigenvalue weighted by molar-refractivity contribution is 5.88. The van der Waals surface area contributed by atoms with E-state index in [1.165, 1.54) is 5.69 Å². The number of morpholine rings is 1. The van der Waals surface area contributed by atoms with Crippen LogP contribution in [0.4, 0.5) is 11.5 Å². The standard InChI is InChI=1S/C26H33N7O2/c1-32(2)26(34)19-7-12-33(13-8-19)20-5-3-18(4-6-20)22-15-23-24(29-10-9-28-23)25(31-22)30-17-21-16-27-11-14-35-21/h3-6,9-10,15,19,21,27H,7-8,11-14,16-17H2,1-2H3,(H,30,31)/t21-/m0/s1. The molecule has 0 spiro atoms. The summed E-state index contributed by atoms with van der Waals surface area (Å²) in [6.45, 7) is 4.86. The number of benzene rings is 1. The van der Waals surface area contributed by atoms with Gasteiger partial charge in [-0.1, -0.05) is 12.1 Å². The van der Waals surface area contributed by atoms with Crippen molar-refractivity contribution in [3.8, 4) is 11.3 Å². The lowest BCUT2D eigenvalue weighted by Gasteiger charge is -2.34. The van der Waals surface area contributed by atoms with Gasteiger partial charge in [0.05, 0.1) is 23.9 Å². The second kappa shape index (κ2) is 10.5. The van der Waals surface area contributed by atoms with Gasteiger partial charge >= 0.3 is 0 Å². The maximum Gasteiger partial charge on any atom is 0.225 e. The maximum atomic E-state index is 12.3. The van der Waals surface area contributed by atoms with Crippen LogP contribution in [0.1, 0.15) is 12.8 Å². The van der Waals surface area contributed by atoms with Gasteiger partial charge in [-0.05, 0) is 31.0 Å². The van der Waals surface area contributed by atoms with Crippen molar-refractivity contribution in [2.45, 2.75) is 18.9 Å². The lowest BCUT2D eigenvalue weighted by Crippen LogP contribution is -2.42. The number of carbonyl (C=O) groups excluding carboxylic acids is 1. The molecule has 2 aliphatic rings. The minimum absolute atomic E-state index is 0.0948. The Labute approximate surface area is 205 Å². The highest BCUT2D eigenvalue weighted by Gasteiger charge is 2.26. The summed E-state index contributed by atoms with van der Waals surface area (Å²) in [5, 5.41) is 6.79. The molecule has 9 nitrogen and oxygen atoms in total. The maximum absolute atomic E-state index is 12.3. The largest absolute Gasteiger partial charge is 0.374 e. The first-order valence-electron chi connectivity index (χ1n) is 12.3. The third-order valence-electron chi connectivity index (χ3n) is 6.77. The van der Waals surface area contributed by atoms with Crippen molar-refractivity contribution in [3.05, 3.63) is 42.7 Å². The van der Waals surface area contributed by atoms with Crippen LogP contribution in [0.5, 0.6) is 0 Å². The number of hydrogen-bond acceptors (Lipinski definition) is 8. The summed E-state index contributed by atoms with van der Waals surface area (Å²) in [4.78, 5) is 30.3. The van der Waals surface area contributed by atoms with Crippen molar-refractivity contribution in [2.24, 2.45) is 5.92 Å². The van der Waals surface area contributed by atoms with Gasteiger partial charge in [0.15, 0.2) is 5.82 Å². The van der Waals surface area contributed by atoms with E-state index in [0.717, 1.165) is 73.7 Å². The molecule has 2 saturated heterocycles. The summed E-state index contributed by atoms with van der Waals surface area (Å²) in [5.74, 6) is 1.09. The molecule has 2 N–H and O–H groups in total. The van der Waals surface area contributed by atoms with Crippen LogP contribution in [0.25, 0.3) is 22.3 Å². The Hall–Kier alpha value is -3.30. The van der Waals surface area contributed by atoms with Crippen LogP contribution in [-0.2, 0) is 9.53 Å². The third kappa shape index (κ3) is 5.36. The SMILES string of the molecule is CN(C)C(=O)C1CCN(c2ccc(-c3cc4nccnc4c(NC[C@@H]4CNCCO4)n3)cc2)CC1. The van der Waals surface area contributed by atoms with E-state index in [-0.39, 0.29) is 17.9 Å². The summed E-state index contributed by atoms with van der Waals surface area (Å²) < 4.78 is 5.81. The van der Waals surface area contributed by atoms with Gasteiger partial charge in [-0.25, -0.2) is 9.97 Å². The minimum atomic E-state index is 0.0948. The number of fused-ring (bicyclic) bond motifs is 1. The van der Waals surface area contributed by atoms with Crippen LogP contribution in [0.15, 0.2) is 42.7 Å². The molecule has 3 aromatic rings. The highest BCUT2D eigenvalue weighted by atomic mass is 16.5. The van der Waals surface area contributed by atoms with E-state index in [2.05, 4.69) is 49.8 Å². The molecule has 1 aromatic carbocycles. The number of hydrogen-bond donors (Lipinski definition) is 2. The van der Waals surface area contributed by atoms with Crippen molar-refractivity contribution in [1.82, 2.24) is 25.2 Å². The number of nitrogens with one attached hydrogen (secondary N) is 2. The molecule has 5 rings (SSSR count). The summed E-state index contributed by atoms with van der Waals surface area (Å²) in [7, 11) is 3.67. The van der Waals surface area contributed by atoms with E-state index in [4.69, 9.17) is 9.72 Å². The molecule has 0 bridgehead atoms. The van der Waals surface area contributed by atoms with Gasteiger partial charge < -0.3 is 25.2 Å². The van der Waals surface area contributed by atoms with Crippen molar-refractivity contribution in [2.75, 3.05) is 63.6 Å². The minimum Gasteiger partial charge on any atom is -0.374 e. The summed E-state index contributed by atoms with van der Waals surface area (Å²) in [6, 6.07) is 10.5. The van der Waals surface area contributed by atoms with Gasteiger partial charge in [0.2, 0.25) is 5.91 Å². The first-order chi connectivity index (χ1) is 17.1. The average Bonchev–Trinajstić information content (AvgIpc) is 2.92. The van der Waals surface area contributed by atoms with Gasteiger partial charge in [0.1, 0.15) is 5.52 Å². The number of amides is 1. The molecule has 2 aromatic heterocycles. The quantitative estimate of drug-likeness (QED) is 0.561. The molecule has 0 radical (unpaired) electrons. The molecule has 2 fully saturated rings. The lowest BCUT2D eigenvalue weighted by molar-refractivity contribution is -0.133. The summed E-state index contributed by atoms with van der Waals surface area (Å²) in [6.07, 6.45) is 5.27. The van der Waals surface area contributed by atoms with Crippen LogP contribution in [0.2, 0.25) is 0 Å². The molecule has 0 unspecified atom stereocenters. The summed E-state index contributed by atoms with van der Waals surface area (Å²) in [5.41, 5.74) is 4.61. The Morgan fingerprint density at radius 2 is 1.94 bits per heavy atom. The molecule has 9 heteroatoms. The van der Waals surface area contributed by atoms with Gasteiger partial charge in [0, 0.05) is 76.4 Å². The Morgan fingerprint density at radius 1 is 1.17 bits per heavy atom. The van der Waals surface area contributed by atoms with Gasteiger partial charge in [-0.3, -0.25) is 9.78 Å². The molecule has 35 heavy (non-hydrogen) atoms. The molecule has 1 atom stereocenters. The van der Waals surface area contributed by atoms with E-state index in [1.807, 2.05) is 20.2 Å². The fourth-order valence-corrected chi connectivity index (χ4v) is 4.80. The van der Waals surface area contributed by atoms with Crippen molar-refractivity contribution in [1.29, 1.82) is 0 Å². The van der Waals surface area contributed by atoms with Crippen LogP contribution < -0.4 is 15.5 Å². The van der Waals surface area contributed by atoms with Crippen molar-refractivity contribution in [3.63, 3.8) is 0 Å². The van der Waals surface area contributed by atoms with Gasteiger partial charge in [0.25, 0.3) is 0 Å². The molecule has 4 heterocycles. The number of carbonyl (C=O) groups is 1. The molecule has 184 valence electrons. The van der Waals surface area contributed by atoms with Crippen LogP contribution in [0.3, 0.4) is 0 Å². The zero-order valence-corrected chi connectivity index (χ0v) is 20.4. The van der Waals surface area contributed by atoms with Crippen molar-refractivity contribution >= 4 is 28.4 Å². The highest BCUT2D eigenvalue weighted by Crippen LogP contribution is 2.29. The van der Waals surface area contributed by atoms with E-state index in [0.29, 0.717) is 6.54 Å². The second-order valence-corrected chi connectivity index (χ2v) is 9.40. The average molecular weight is 476 g/mol. The van der Waals surface area contributed by atoms with Crippen LogP contribution >= 0.6 is 0 Å². The molecule has 0 saturated carbocycles. The molecule has 2 aliphatic heterocycles. The van der Waals surface area contributed by atoms with Crippen LogP contribution in [0, 0.1) is 5.92 Å². The van der Waals surface area contributed by atoms with E-state index in [9.17, 15) is 4.79 Å². The second-order valence-electron chi connectivity index (χ2n) is 9.40. The number of ether oxygens (including phenoxy) is 1. The topological polar surface area (TPSA) is 95.5 Å². The number of aromatic nitrogens is 3. The number of pyridine rings is 1. The number of rotatable bonds is 6. The van der Waals surface area contributed by atoms with Crippen molar-refractivity contribution < 1.29 is 9.53 Å². The fraction of sp³-hybridized carbons (Fsp3) is 0.462. The number of nitrogens with zero attached hydrogens (tertiary/aromatic N) is 5. The Morgan fingerprint density at radius 3 is 2.66 bits per heavy atom. The van der Waals surface area contributed by atoms with Crippen LogP contribution in [-0.4, -0.2) is 85.3 Å². The lowest BCUT2D eigenvalue weighted by atomic mass is 9.95. The first-order valence-corrected chi connectivity index (χ1v) is 12.3. The Kier molecular flexibility index (Phi) is 7.06. The predicted octanol–water partition coefficient (Wildman–Crippen LogP) is 2.40. The fourth-order valence-electron chi connectivity index (χ4n) is 4.80.